The second-order valence-corrected chi connectivity index (χ2v) is 6.69. The van der Waals surface area contributed by atoms with E-state index in [2.05, 4.69) is 43.8 Å². The van der Waals surface area contributed by atoms with Gasteiger partial charge in [0, 0.05) is 51.1 Å². The van der Waals surface area contributed by atoms with E-state index in [9.17, 15) is 4.79 Å². The Hall–Kier alpha value is -2.73. The summed E-state index contributed by atoms with van der Waals surface area (Å²) in [5.74, 6) is 1.05. The molecular formula is C20H23N5O. The van der Waals surface area contributed by atoms with Crippen molar-refractivity contribution in [1.29, 1.82) is 0 Å². The molecule has 0 unspecified atom stereocenters. The molecule has 134 valence electrons. The maximum absolute atomic E-state index is 12.1. The zero-order valence-electron chi connectivity index (χ0n) is 15.0. The van der Waals surface area contributed by atoms with Crippen LogP contribution in [0.4, 0.5) is 0 Å². The molecule has 1 aliphatic rings. The average Bonchev–Trinajstić information content (AvgIpc) is 3.08. The number of hydrogen-bond acceptors (Lipinski definition) is 4. The van der Waals surface area contributed by atoms with Gasteiger partial charge in [0.25, 0.3) is 5.56 Å². The van der Waals surface area contributed by atoms with Gasteiger partial charge in [0.1, 0.15) is 5.82 Å². The fraction of sp³-hybridized carbons (Fsp3) is 0.350. The largest absolute Gasteiger partial charge is 0.329 e. The van der Waals surface area contributed by atoms with Crippen molar-refractivity contribution < 1.29 is 0 Å². The van der Waals surface area contributed by atoms with Gasteiger partial charge in [-0.25, -0.2) is 9.67 Å². The van der Waals surface area contributed by atoms with Gasteiger partial charge in [-0.15, -0.1) is 0 Å². The van der Waals surface area contributed by atoms with Gasteiger partial charge >= 0.3 is 0 Å². The van der Waals surface area contributed by atoms with Gasteiger partial charge in [-0.1, -0.05) is 30.3 Å². The first-order chi connectivity index (χ1) is 12.7. The third-order valence-electron chi connectivity index (χ3n) is 4.88. The van der Waals surface area contributed by atoms with Crippen LogP contribution in [0.25, 0.3) is 0 Å². The Balaban J connectivity index is 1.49. The number of hydrogen-bond donors (Lipinski definition) is 0. The van der Waals surface area contributed by atoms with Gasteiger partial charge in [0.15, 0.2) is 0 Å². The van der Waals surface area contributed by atoms with E-state index >= 15 is 0 Å². The van der Waals surface area contributed by atoms with Crippen LogP contribution in [-0.4, -0.2) is 30.8 Å². The second kappa shape index (κ2) is 7.25. The van der Waals surface area contributed by atoms with E-state index in [1.807, 2.05) is 25.4 Å². The number of nitrogens with zero attached hydrogens (tertiary/aromatic N) is 5. The van der Waals surface area contributed by atoms with Crippen LogP contribution in [0.3, 0.4) is 0 Å². The average molecular weight is 349 g/mol. The van der Waals surface area contributed by atoms with Crippen LogP contribution >= 0.6 is 0 Å². The number of rotatable bonds is 5. The lowest BCUT2D eigenvalue weighted by Crippen LogP contribution is -2.35. The van der Waals surface area contributed by atoms with Crippen molar-refractivity contribution in [2.24, 2.45) is 0 Å². The summed E-state index contributed by atoms with van der Waals surface area (Å²) in [5.41, 5.74) is 3.35. The molecule has 1 aromatic carbocycles. The smallest absolute Gasteiger partial charge is 0.267 e. The van der Waals surface area contributed by atoms with E-state index in [0.717, 1.165) is 49.7 Å². The summed E-state index contributed by atoms with van der Waals surface area (Å²) in [7, 11) is 0. The Labute approximate surface area is 152 Å². The molecule has 0 radical (unpaired) electrons. The molecule has 6 nitrogen and oxygen atoms in total. The van der Waals surface area contributed by atoms with Gasteiger partial charge in [0.05, 0.1) is 12.2 Å². The van der Waals surface area contributed by atoms with Crippen LogP contribution in [-0.2, 0) is 32.6 Å². The topological polar surface area (TPSA) is 56.0 Å². The van der Waals surface area contributed by atoms with Crippen LogP contribution in [0, 0.1) is 0 Å². The Bertz CT molecular complexity index is 944. The highest BCUT2D eigenvalue weighted by Gasteiger charge is 2.20. The van der Waals surface area contributed by atoms with E-state index in [1.54, 1.807) is 10.7 Å². The lowest BCUT2D eigenvalue weighted by Gasteiger charge is -2.28. The van der Waals surface area contributed by atoms with E-state index < -0.39 is 0 Å². The molecule has 2 aromatic heterocycles. The first-order valence-corrected chi connectivity index (χ1v) is 9.09. The van der Waals surface area contributed by atoms with Crippen molar-refractivity contribution in [3.05, 3.63) is 81.8 Å². The van der Waals surface area contributed by atoms with Gasteiger partial charge in [-0.2, -0.15) is 5.10 Å². The van der Waals surface area contributed by atoms with Crippen molar-refractivity contribution >= 4 is 0 Å². The Kier molecular flexibility index (Phi) is 4.67. The van der Waals surface area contributed by atoms with Crippen LogP contribution < -0.4 is 5.56 Å². The van der Waals surface area contributed by atoms with Gasteiger partial charge in [0.2, 0.25) is 0 Å². The quantitative estimate of drug-likeness (QED) is 0.708. The van der Waals surface area contributed by atoms with Crippen molar-refractivity contribution in [2.75, 3.05) is 6.54 Å². The summed E-state index contributed by atoms with van der Waals surface area (Å²) < 4.78 is 3.74. The molecule has 0 amide bonds. The van der Waals surface area contributed by atoms with Crippen LogP contribution in [0.2, 0.25) is 0 Å². The van der Waals surface area contributed by atoms with Gasteiger partial charge < -0.3 is 4.57 Å². The Morgan fingerprint density at radius 3 is 2.81 bits per heavy atom. The maximum atomic E-state index is 12.1. The van der Waals surface area contributed by atoms with Gasteiger partial charge in [-0.3, -0.25) is 9.69 Å². The summed E-state index contributed by atoms with van der Waals surface area (Å²) >= 11 is 0. The molecule has 0 saturated carbocycles. The van der Waals surface area contributed by atoms with Crippen LogP contribution in [0.1, 0.15) is 29.6 Å². The molecule has 0 N–H and O–H groups in total. The lowest BCUT2D eigenvalue weighted by atomic mass is 10.1. The Morgan fingerprint density at radius 1 is 1.15 bits per heavy atom. The van der Waals surface area contributed by atoms with E-state index in [-0.39, 0.29) is 5.56 Å². The highest BCUT2D eigenvalue weighted by molar-refractivity contribution is 5.21. The number of imidazole rings is 1. The van der Waals surface area contributed by atoms with Crippen molar-refractivity contribution in [3.63, 3.8) is 0 Å². The summed E-state index contributed by atoms with van der Waals surface area (Å²) in [5, 5.41) is 4.49. The Morgan fingerprint density at radius 2 is 2.00 bits per heavy atom. The predicted molar refractivity (Wildman–Crippen MR) is 99.8 cm³/mol. The summed E-state index contributed by atoms with van der Waals surface area (Å²) in [6, 6.07) is 12.2. The third kappa shape index (κ3) is 3.46. The number of aryl methyl sites for hydroxylation is 1. The second-order valence-electron chi connectivity index (χ2n) is 6.69. The minimum atomic E-state index is -0.0151. The standard InChI is InChI=1S/C20H23N5O/c1-2-25-20(26)12-17-14-23(10-8-18(17)22-25)15-19-21-9-11-24(19)13-16-6-4-3-5-7-16/h3-7,9,11-12H,2,8,10,13-15H2,1H3. The molecule has 0 spiro atoms. The normalized spacial score (nSPS) is 14.3. The molecule has 0 saturated heterocycles. The fourth-order valence-corrected chi connectivity index (χ4v) is 3.47. The molecule has 0 bridgehead atoms. The lowest BCUT2D eigenvalue weighted by molar-refractivity contribution is 0.232. The SMILES string of the molecule is CCn1nc2c(cc1=O)CN(Cc1nccn1Cc1ccccc1)CC2. The highest BCUT2D eigenvalue weighted by atomic mass is 16.1. The third-order valence-corrected chi connectivity index (χ3v) is 4.88. The van der Waals surface area contributed by atoms with E-state index in [0.29, 0.717) is 6.54 Å². The first-order valence-electron chi connectivity index (χ1n) is 9.09. The van der Waals surface area contributed by atoms with Gasteiger partial charge in [-0.05, 0) is 18.1 Å². The zero-order chi connectivity index (χ0) is 17.9. The predicted octanol–water partition coefficient (Wildman–Crippen LogP) is 2.07. The monoisotopic (exact) mass is 349 g/mol. The molecule has 0 atom stereocenters. The first kappa shape index (κ1) is 16.7. The molecule has 3 aromatic rings. The summed E-state index contributed by atoms with van der Waals surface area (Å²) in [4.78, 5) is 19.0. The van der Waals surface area contributed by atoms with E-state index in [4.69, 9.17) is 0 Å². The molecular weight excluding hydrogens is 326 g/mol. The summed E-state index contributed by atoms with van der Waals surface area (Å²) in [6.45, 7) is 5.84. The van der Waals surface area contributed by atoms with Crippen LogP contribution in [0.15, 0.2) is 53.6 Å². The number of benzene rings is 1. The van der Waals surface area contributed by atoms with Crippen molar-refractivity contribution in [1.82, 2.24) is 24.2 Å². The van der Waals surface area contributed by atoms with Crippen molar-refractivity contribution in [2.45, 2.75) is 39.5 Å². The molecule has 6 heteroatoms. The van der Waals surface area contributed by atoms with Crippen molar-refractivity contribution in [3.8, 4) is 0 Å². The van der Waals surface area contributed by atoms with E-state index in [1.165, 1.54) is 5.56 Å². The number of aromatic nitrogens is 4. The highest BCUT2D eigenvalue weighted by Crippen LogP contribution is 2.17. The number of fused-ring (bicyclic) bond motifs is 1. The zero-order valence-corrected chi connectivity index (χ0v) is 15.0. The molecule has 0 aliphatic carbocycles. The maximum Gasteiger partial charge on any atom is 0.267 e. The molecule has 3 heterocycles. The molecule has 4 rings (SSSR count). The molecule has 0 fully saturated rings. The van der Waals surface area contributed by atoms with Crippen LogP contribution in [0.5, 0.6) is 0 Å². The summed E-state index contributed by atoms with van der Waals surface area (Å²) in [6.07, 6.45) is 4.76. The molecule has 26 heavy (non-hydrogen) atoms. The minimum Gasteiger partial charge on any atom is -0.329 e. The fourth-order valence-electron chi connectivity index (χ4n) is 3.47. The molecule has 1 aliphatic heterocycles. The minimum absolute atomic E-state index is 0.0151.